The van der Waals surface area contributed by atoms with E-state index in [1.54, 1.807) is 0 Å². The molecule has 1 aliphatic rings. The van der Waals surface area contributed by atoms with Crippen LogP contribution in [-0.4, -0.2) is 12.5 Å². The largest absolute Gasteiger partial charge is 0.492 e. The van der Waals surface area contributed by atoms with Gasteiger partial charge in [-0.05, 0) is 89.7 Å². The minimum Gasteiger partial charge on any atom is -0.492 e. The van der Waals surface area contributed by atoms with Crippen LogP contribution in [0.4, 0.5) is 5.00 Å². The molecule has 0 spiro atoms. The zero-order chi connectivity index (χ0) is 22.7. The lowest BCUT2D eigenvalue weighted by atomic mass is 9.85. The molecule has 0 fully saturated rings. The molecule has 164 valence electrons. The number of halogens is 2. The van der Waals surface area contributed by atoms with Crippen molar-refractivity contribution in [3.05, 3.63) is 47.2 Å². The summed E-state index contributed by atoms with van der Waals surface area (Å²) in [5.74, 6) is 1.15. The second kappa shape index (κ2) is 10.4. The fourth-order valence-electron chi connectivity index (χ4n) is 3.76. The Morgan fingerprint density at radius 3 is 2.90 bits per heavy atom. The second-order valence-electron chi connectivity index (χ2n) is 7.96. The Hall–Kier alpha value is -1.46. The maximum Gasteiger partial charge on any atom is 0.225 e. The van der Waals surface area contributed by atoms with Crippen LogP contribution >= 0.6 is 51.1 Å². The van der Waals surface area contributed by atoms with E-state index >= 15 is 0 Å². The fourth-order valence-corrected chi connectivity index (χ4v) is 5.85. The zero-order valence-electron chi connectivity index (χ0n) is 17.7. The van der Waals surface area contributed by atoms with E-state index in [2.05, 4.69) is 34.2 Å². The highest BCUT2D eigenvalue weighted by molar-refractivity contribution is 9.10. The molecule has 3 rings (SSSR count). The molecule has 0 saturated heterocycles. The van der Waals surface area contributed by atoms with Gasteiger partial charge in [0.05, 0.1) is 20.5 Å². The van der Waals surface area contributed by atoms with Crippen molar-refractivity contribution in [3.8, 4) is 11.8 Å². The maximum atomic E-state index is 12.5. The van der Waals surface area contributed by atoms with Gasteiger partial charge in [0.2, 0.25) is 5.91 Å². The molecule has 0 aliphatic heterocycles. The molecule has 4 nitrogen and oxygen atoms in total. The Kier molecular flexibility index (Phi) is 8.14. The van der Waals surface area contributed by atoms with Crippen LogP contribution in [0.25, 0.3) is 0 Å². The molecule has 1 aromatic heterocycles. The van der Waals surface area contributed by atoms with E-state index in [-0.39, 0.29) is 5.91 Å². The van der Waals surface area contributed by atoms with Crippen LogP contribution in [-0.2, 0) is 17.6 Å². The fraction of sp³-hybridized carbons (Fsp3) is 0.435. The Morgan fingerprint density at radius 2 is 2.19 bits per heavy atom. The average Bonchev–Trinajstić information content (AvgIpc) is 2.73. The van der Waals surface area contributed by atoms with Crippen molar-refractivity contribution < 1.29 is 9.53 Å². The second-order valence-corrected chi connectivity index (χ2v) is 10.8. The Morgan fingerprint density at radius 1 is 1.45 bits per heavy atom. The Bertz CT molecular complexity index is 1120. The smallest absolute Gasteiger partial charge is 0.225 e. The van der Waals surface area contributed by atoms with Crippen LogP contribution in [0.2, 0.25) is 5.02 Å². The van der Waals surface area contributed by atoms with Crippen LogP contribution in [0.1, 0.15) is 54.0 Å². The van der Waals surface area contributed by atoms with E-state index in [1.807, 2.05) is 19.9 Å². The number of amides is 1. The zero-order valence-corrected chi connectivity index (χ0v) is 21.7. The number of rotatable bonds is 6. The number of carbonyl (C=O) groups is 1. The molecule has 1 amide bonds. The number of carbonyl (C=O) groups excluding carboxylic acids is 1. The highest BCUT2D eigenvalue weighted by Crippen LogP contribution is 2.37. The molecular formula is C23H24BrClN2O2S2. The third kappa shape index (κ3) is 5.48. The predicted molar refractivity (Wildman–Crippen MR) is 133 cm³/mol. The normalized spacial score (nSPS) is 15.2. The topological polar surface area (TPSA) is 62.1 Å². The molecule has 1 aromatic carbocycles. The first-order valence-electron chi connectivity index (χ1n) is 10.2. The van der Waals surface area contributed by atoms with Gasteiger partial charge >= 0.3 is 0 Å². The molecule has 0 bridgehead atoms. The molecule has 1 heterocycles. The van der Waals surface area contributed by atoms with Gasteiger partial charge in [-0.25, -0.2) is 0 Å². The first-order chi connectivity index (χ1) is 14.7. The van der Waals surface area contributed by atoms with Crippen molar-refractivity contribution >= 4 is 62.0 Å². The van der Waals surface area contributed by atoms with Crippen molar-refractivity contribution in [2.24, 2.45) is 5.92 Å². The van der Waals surface area contributed by atoms with Crippen LogP contribution in [0, 0.1) is 34.9 Å². The summed E-state index contributed by atoms with van der Waals surface area (Å²) in [6.07, 6.45) is 3.62. The van der Waals surface area contributed by atoms with Crippen molar-refractivity contribution in [3.63, 3.8) is 0 Å². The van der Waals surface area contributed by atoms with Crippen molar-refractivity contribution in [2.45, 2.75) is 52.9 Å². The number of anilines is 1. The molecule has 1 atom stereocenters. The standard InChI is InChI=1S/C23H24BrClN2O2S2/c1-12-6-7-15-16(9-12)23(30)31-22(17(15)11-26)27-19(28)5-4-8-29-18-10-13(2)21(25)14(3)20(18)24/h10,12H,4-9H2,1-3H3,(H,27,28). The average molecular weight is 540 g/mol. The molecule has 1 unspecified atom stereocenters. The van der Waals surface area contributed by atoms with E-state index in [0.29, 0.717) is 46.7 Å². The molecule has 0 saturated carbocycles. The molecule has 8 heteroatoms. The lowest BCUT2D eigenvalue weighted by Gasteiger charge is -2.23. The van der Waals surface area contributed by atoms with Crippen molar-refractivity contribution in [1.82, 2.24) is 0 Å². The van der Waals surface area contributed by atoms with Gasteiger partial charge in [-0.1, -0.05) is 30.7 Å². The minimum absolute atomic E-state index is 0.141. The van der Waals surface area contributed by atoms with Gasteiger partial charge in [0, 0.05) is 11.4 Å². The summed E-state index contributed by atoms with van der Waals surface area (Å²) in [5.41, 5.74) is 4.58. The van der Waals surface area contributed by atoms with Gasteiger partial charge in [0.1, 0.15) is 16.8 Å². The lowest BCUT2D eigenvalue weighted by Crippen LogP contribution is -2.17. The van der Waals surface area contributed by atoms with Crippen LogP contribution in [0.15, 0.2) is 10.5 Å². The molecule has 31 heavy (non-hydrogen) atoms. The Labute approximate surface area is 205 Å². The molecule has 1 N–H and O–H groups in total. The number of nitrogens with zero attached hydrogens (tertiary/aromatic N) is 1. The molecular weight excluding hydrogens is 516 g/mol. The number of benzene rings is 1. The van der Waals surface area contributed by atoms with Crippen LogP contribution < -0.4 is 10.1 Å². The van der Waals surface area contributed by atoms with Crippen molar-refractivity contribution in [2.75, 3.05) is 11.9 Å². The highest BCUT2D eigenvalue weighted by atomic mass is 79.9. The van der Waals surface area contributed by atoms with E-state index in [4.69, 9.17) is 28.6 Å². The predicted octanol–water partition coefficient (Wildman–Crippen LogP) is 7.30. The first-order valence-corrected chi connectivity index (χ1v) is 12.6. The minimum atomic E-state index is -0.141. The highest BCUT2D eigenvalue weighted by Gasteiger charge is 2.23. The van der Waals surface area contributed by atoms with Crippen molar-refractivity contribution in [1.29, 1.82) is 5.26 Å². The summed E-state index contributed by atoms with van der Waals surface area (Å²) in [6, 6.07) is 4.18. The van der Waals surface area contributed by atoms with Gasteiger partial charge in [-0.2, -0.15) is 5.26 Å². The number of nitrogens with one attached hydrogen (secondary N) is 1. The molecule has 2 aromatic rings. The van der Waals surface area contributed by atoms with E-state index in [1.165, 1.54) is 11.3 Å². The van der Waals surface area contributed by atoms with Gasteiger partial charge < -0.3 is 10.1 Å². The number of fused-ring (bicyclic) bond motifs is 1. The summed E-state index contributed by atoms with van der Waals surface area (Å²) < 4.78 is 7.45. The quantitative estimate of drug-likeness (QED) is 0.309. The van der Waals surface area contributed by atoms with Gasteiger partial charge in [-0.15, -0.1) is 11.3 Å². The number of ether oxygens (including phenoxy) is 1. The van der Waals surface area contributed by atoms with Gasteiger partial charge in [0.25, 0.3) is 0 Å². The van der Waals surface area contributed by atoms with Gasteiger partial charge in [0.15, 0.2) is 0 Å². The summed E-state index contributed by atoms with van der Waals surface area (Å²) >= 11 is 16.7. The summed E-state index contributed by atoms with van der Waals surface area (Å²) in [5, 5.41) is 13.9. The number of hydrogen-bond acceptors (Lipinski definition) is 5. The third-order valence-corrected chi connectivity index (χ3v) is 8.52. The molecule has 0 radical (unpaired) electrons. The summed E-state index contributed by atoms with van der Waals surface area (Å²) in [4.78, 5) is 12.5. The first kappa shape index (κ1) is 24.2. The van der Waals surface area contributed by atoms with E-state index in [9.17, 15) is 10.1 Å². The monoisotopic (exact) mass is 538 g/mol. The third-order valence-electron chi connectivity index (χ3n) is 5.51. The number of aryl methyl sites for hydroxylation is 1. The molecule has 1 aliphatic carbocycles. The van der Waals surface area contributed by atoms with E-state index in [0.717, 1.165) is 49.8 Å². The maximum absolute atomic E-state index is 12.5. The Balaban J connectivity index is 1.62. The summed E-state index contributed by atoms with van der Waals surface area (Å²) in [7, 11) is 0. The van der Waals surface area contributed by atoms with E-state index < -0.39 is 0 Å². The number of nitriles is 1. The SMILES string of the molecule is Cc1cc(OCCCC(=O)Nc2sc(=S)c3c(c2C#N)CCC(C)C3)c(Br)c(C)c1Cl. The van der Waals surface area contributed by atoms with Crippen LogP contribution in [0.5, 0.6) is 5.75 Å². The summed E-state index contributed by atoms with van der Waals surface area (Å²) in [6.45, 7) is 6.47. The van der Waals surface area contributed by atoms with Crippen LogP contribution in [0.3, 0.4) is 0 Å². The number of hydrogen-bond donors (Lipinski definition) is 1. The van der Waals surface area contributed by atoms with Gasteiger partial charge in [-0.3, -0.25) is 4.79 Å². The lowest BCUT2D eigenvalue weighted by molar-refractivity contribution is -0.116.